The van der Waals surface area contributed by atoms with Crippen molar-refractivity contribution in [3.63, 3.8) is 0 Å². The van der Waals surface area contributed by atoms with Gasteiger partial charge in [-0.15, -0.1) is 0 Å². The number of rotatable bonds is 3. The van der Waals surface area contributed by atoms with Crippen LogP contribution in [0.1, 0.15) is 10.4 Å². The van der Waals surface area contributed by atoms with Gasteiger partial charge in [0.05, 0.1) is 18.2 Å². The predicted octanol–water partition coefficient (Wildman–Crippen LogP) is 1.50. The molecule has 1 aliphatic rings. The number of methoxy groups -OCH3 is 1. The number of nitrogens with zero attached hydrogens (tertiary/aromatic N) is 4. The van der Waals surface area contributed by atoms with Gasteiger partial charge < -0.3 is 19.0 Å². The van der Waals surface area contributed by atoms with Gasteiger partial charge >= 0.3 is 5.76 Å². The van der Waals surface area contributed by atoms with E-state index in [4.69, 9.17) is 9.15 Å². The van der Waals surface area contributed by atoms with Gasteiger partial charge in [-0.05, 0) is 18.2 Å². The first-order valence-electron chi connectivity index (χ1n) is 8.71. The number of benzene rings is 1. The van der Waals surface area contributed by atoms with Crippen molar-refractivity contribution in [3.8, 4) is 5.75 Å². The summed E-state index contributed by atoms with van der Waals surface area (Å²) in [5, 5.41) is 0. The number of fused-ring (bicyclic) bond motifs is 1. The Bertz CT molecular complexity index is 1050. The van der Waals surface area contributed by atoms with Gasteiger partial charge in [-0.2, -0.15) is 0 Å². The number of anilines is 1. The molecule has 3 heterocycles. The fourth-order valence-electron chi connectivity index (χ4n) is 3.33. The average molecular weight is 368 g/mol. The fraction of sp³-hybridized carbons (Fsp3) is 0.316. The number of aryl methyl sites for hydroxylation is 1. The molecule has 1 aliphatic heterocycles. The number of piperazine rings is 1. The molecule has 2 aromatic heterocycles. The Morgan fingerprint density at radius 2 is 1.96 bits per heavy atom. The third kappa shape index (κ3) is 3.03. The van der Waals surface area contributed by atoms with Crippen LogP contribution in [0, 0.1) is 0 Å². The van der Waals surface area contributed by atoms with Crippen LogP contribution >= 0.6 is 0 Å². The first-order valence-corrected chi connectivity index (χ1v) is 8.71. The lowest BCUT2D eigenvalue weighted by Gasteiger charge is -2.35. The standard InChI is InChI=1S/C19H20N4O4/c1-21-15-5-3-4-14(17(15)27-19(21)25)18(24)23-10-8-22(9-11-23)16-12-13(26-2)6-7-20-16/h3-7,12H,8-11H2,1-2H3. The van der Waals surface area contributed by atoms with E-state index in [2.05, 4.69) is 9.88 Å². The number of hydrogen-bond donors (Lipinski definition) is 0. The lowest BCUT2D eigenvalue weighted by atomic mass is 10.1. The maximum absolute atomic E-state index is 13.0. The Labute approximate surface area is 155 Å². The number of para-hydroxylation sites is 1. The highest BCUT2D eigenvalue weighted by atomic mass is 16.5. The lowest BCUT2D eigenvalue weighted by Crippen LogP contribution is -2.49. The highest BCUT2D eigenvalue weighted by Crippen LogP contribution is 2.22. The summed E-state index contributed by atoms with van der Waals surface area (Å²) >= 11 is 0. The lowest BCUT2D eigenvalue weighted by molar-refractivity contribution is 0.0747. The molecule has 8 heteroatoms. The van der Waals surface area contributed by atoms with Crippen LogP contribution in [0.25, 0.3) is 11.1 Å². The summed E-state index contributed by atoms with van der Waals surface area (Å²) in [6.07, 6.45) is 1.71. The Kier molecular flexibility index (Phi) is 4.31. The fourth-order valence-corrected chi connectivity index (χ4v) is 3.33. The molecule has 4 rings (SSSR count). The molecule has 0 saturated carbocycles. The number of carbonyl (C=O) groups is 1. The van der Waals surface area contributed by atoms with E-state index in [1.807, 2.05) is 6.07 Å². The van der Waals surface area contributed by atoms with Crippen LogP contribution in [-0.4, -0.2) is 53.6 Å². The topological polar surface area (TPSA) is 80.8 Å². The molecular formula is C19H20N4O4. The molecule has 3 aromatic rings. The molecule has 0 aliphatic carbocycles. The van der Waals surface area contributed by atoms with Gasteiger partial charge in [0.2, 0.25) is 0 Å². The molecule has 0 atom stereocenters. The maximum atomic E-state index is 13.0. The van der Waals surface area contributed by atoms with Crippen molar-refractivity contribution in [2.75, 3.05) is 38.2 Å². The molecule has 140 valence electrons. The van der Waals surface area contributed by atoms with Crippen molar-refractivity contribution in [2.45, 2.75) is 0 Å². The molecule has 8 nitrogen and oxygen atoms in total. The zero-order valence-electron chi connectivity index (χ0n) is 15.2. The second-order valence-corrected chi connectivity index (χ2v) is 6.41. The van der Waals surface area contributed by atoms with Crippen molar-refractivity contribution in [1.29, 1.82) is 0 Å². The van der Waals surface area contributed by atoms with Crippen LogP contribution in [0.15, 0.2) is 45.7 Å². The van der Waals surface area contributed by atoms with E-state index in [-0.39, 0.29) is 5.91 Å². The summed E-state index contributed by atoms with van der Waals surface area (Å²) in [6.45, 7) is 2.46. The summed E-state index contributed by atoms with van der Waals surface area (Å²) in [7, 11) is 3.25. The third-order valence-corrected chi connectivity index (χ3v) is 4.89. The van der Waals surface area contributed by atoms with E-state index in [0.29, 0.717) is 42.8 Å². The molecule has 0 spiro atoms. The first-order chi connectivity index (χ1) is 13.1. The quantitative estimate of drug-likeness (QED) is 0.697. The number of ether oxygens (including phenoxy) is 1. The van der Waals surface area contributed by atoms with Crippen molar-refractivity contribution in [1.82, 2.24) is 14.5 Å². The van der Waals surface area contributed by atoms with Gasteiger partial charge in [0.1, 0.15) is 11.6 Å². The van der Waals surface area contributed by atoms with E-state index in [0.717, 1.165) is 11.6 Å². The zero-order chi connectivity index (χ0) is 19.0. The summed E-state index contributed by atoms with van der Waals surface area (Å²) in [5.74, 6) is 0.981. The number of carbonyl (C=O) groups excluding carboxylic acids is 1. The van der Waals surface area contributed by atoms with Gasteiger partial charge in [-0.1, -0.05) is 6.07 Å². The number of oxazole rings is 1. The van der Waals surface area contributed by atoms with E-state index >= 15 is 0 Å². The number of pyridine rings is 1. The van der Waals surface area contributed by atoms with Crippen molar-refractivity contribution < 1.29 is 13.9 Å². The second kappa shape index (κ2) is 6.79. The van der Waals surface area contributed by atoms with E-state index in [9.17, 15) is 9.59 Å². The second-order valence-electron chi connectivity index (χ2n) is 6.41. The van der Waals surface area contributed by atoms with Crippen molar-refractivity contribution in [3.05, 3.63) is 52.6 Å². The molecule has 1 saturated heterocycles. The molecule has 1 amide bonds. The molecule has 1 aromatic carbocycles. The van der Waals surface area contributed by atoms with Crippen LogP contribution in [0.3, 0.4) is 0 Å². The van der Waals surface area contributed by atoms with Crippen LogP contribution < -0.4 is 15.4 Å². The zero-order valence-corrected chi connectivity index (χ0v) is 15.2. The number of aromatic nitrogens is 2. The average Bonchev–Trinajstić information content (AvgIpc) is 3.01. The summed E-state index contributed by atoms with van der Waals surface area (Å²) < 4.78 is 11.9. The number of hydrogen-bond acceptors (Lipinski definition) is 6. The number of amides is 1. The smallest absolute Gasteiger partial charge is 0.419 e. The van der Waals surface area contributed by atoms with Gasteiger partial charge in [-0.3, -0.25) is 9.36 Å². The largest absolute Gasteiger partial charge is 0.497 e. The van der Waals surface area contributed by atoms with Crippen molar-refractivity contribution in [2.24, 2.45) is 7.05 Å². The SMILES string of the molecule is COc1ccnc(N2CCN(C(=O)c3cccc4c3oc(=O)n4C)CC2)c1. The minimum Gasteiger partial charge on any atom is -0.497 e. The highest BCUT2D eigenvalue weighted by molar-refractivity contribution is 6.04. The summed E-state index contributed by atoms with van der Waals surface area (Å²) in [6, 6.07) is 8.92. The predicted molar refractivity (Wildman–Crippen MR) is 100 cm³/mol. The molecule has 27 heavy (non-hydrogen) atoms. The van der Waals surface area contributed by atoms with Crippen LogP contribution in [-0.2, 0) is 7.05 Å². The van der Waals surface area contributed by atoms with Gasteiger partial charge in [0.15, 0.2) is 5.58 Å². The minimum absolute atomic E-state index is 0.131. The molecule has 0 bridgehead atoms. The van der Waals surface area contributed by atoms with Crippen LogP contribution in [0.2, 0.25) is 0 Å². The highest BCUT2D eigenvalue weighted by Gasteiger charge is 2.25. The van der Waals surface area contributed by atoms with E-state index in [1.54, 1.807) is 49.5 Å². The van der Waals surface area contributed by atoms with Crippen LogP contribution in [0.5, 0.6) is 5.75 Å². The van der Waals surface area contributed by atoms with Gasteiger partial charge in [-0.25, -0.2) is 9.78 Å². The maximum Gasteiger partial charge on any atom is 0.419 e. The Morgan fingerprint density at radius 1 is 1.19 bits per heavy atom. The Hall–Kier alpha value is -3.29. The van der Waals surface area contributed by atoms with Gasteiger partial charge in [0, 0.05) is 45.5 Å². The Morgan fingerprint density at radius 3 is 2.70 bits per heavy atom. The third-order valence-electron chi connectivity index (χ3n) is 4.89. The van der Waals surface area contributed by atoms with E-state index < -0.39 is 5.76 Å². The molecule has 0 unspecified atom stereocenters. The normalized spacial score (nSPS) is 14.6. The molecular weight excluding hydrogens is 348 g/mol. The molecule has 1 fully saturated rings. The minimum atomic E-state index is -0.473. The van der Waals surface area contributed by atoms with Crippen molar-refractivity contribution >= 4 is 22.8 Å². The molecule has 0 N–H and O–H groups in total. The van der Waals surface area contributed by atoms with E-state index in [1.165, 1.54) is 4.57 Å². The monoisotopic (exact) mass is 368 g/mol. The summed E-state index contributed by atoms with van der Waals surface area (Å²) in [5.41, 5.74) is 1.37. The molecule has 0 radical (unpaired) electrons. The summed E-state index contributed by atoms with van der Waals surface area (Å²) in [4.78, 5) is 33.0. The van der Waals surface area contributed by atoms with Gasteiger partial charge in [0.25, 0.3) is 5.91 Å². The van der Waals surface area contributed by atoms with Crippen LogP contribution in [0.4, 0.5) is 5.82 Å². The first kappa shape index (κ1) is 17.1. The Balaban J connectivity index is 1.52.